The van der Waals surface area contributed by atoms with Crippen molar-refractivity contribution in [3.05, 3.63) is 88.7 Å². The van der Waals surface area contributed by atoms with Gasteiger partial charge in [0.05, 0.1) is 6.54 Å². The first-order chi connectivity index (χ1) is 17.5. The average Bonchev–Trinajstić information content (AvgIpc) is 3.37. The molecular formula is C26H24Cl2N6OS. The Morgan fingerprint density at radius 2 is 1.61 bits per heavy atom. The number of anilines is 3. The SMILES string of the molecule is S=C(NCc1ccc(-c2ccc(Cl)cc2)o1)Nc1nc(Cl)cc(N2CCN(c3ccccc3)CC2)n1. The van der Waals surface area contributed by atoms with Crippen molar-refractivity contribution in [3.63, 3.8) is 0 Å². The van der Waals surface area contributed by atoms with Gasteiger partial charge in [-0.2, -0.15) is 4.98 Å². The molecule has 5 rings (SSSR count). The van der Waals surface area contributed by atoms with Crippen LogP contribution in [0.1, 0.15) is 5.76 Å². The molecular weight excluding hydrogens is 515 g/mol. The van der Waals surface area contributed by atoms with E-state index in [2.05, 4.69) is 54.7 Å². The van der Waals surface area contributed by atoms with Crippen LogP contribution >= 0.6 is 35.4 Å². The number of rotatable bonds is 6. The minimum absolute atomic E-state index is 0.349. The van der Waals surface area contributed by atoms with Crippen molar-refractivity contribution in [2.45, 2.75) is 6.54 Å². The molecule has 0 amide bonds. The van der Waals surface area contributed by atoms with Crippen LogP contribution in [0.3, 0.4) is 0 Å². The van der Waals surface area contributed by atoms with Crippen LogP contribution < -0.4 is 20.4 Å². The van der Waals surface area contributed by atoms with Gasteiger partial charge in [-0.1, -0.05) is 41.4 Å². The summed E-state index contributed by atoms with van der Waals surface area (Å²) in [6.07, 6.45) is 0. The maximum Gasteiger partial charge on any atom is 0.232 e. The molecule has 0 atom stereocenters. The number of hydrogen-bond acceptors (Lipinski definition) is 6. The Bertz CT molecular complexity index is 1320. The van der Waals surface area contributed by atoms with E-state index in [9.17, 15) is 0 Å². The largest absolute Gasteiger partial charge is 0.459 e. The van der Waals surface area contributed by atoms with E-state index in [-0.39, 0.29) is 0 Å². The molecule has 0 saturated carbocycles. The first kappa shape index (κ1) is 24.4. The molecule has 3 heterocycles. The normalized spacial score (nSPS) is 13.5. The zero-order chi connectivity index (χ0) is 24.9. The summed E-state index contributed by atoms with van der Waals surface area (Å²) in [5.41, 5.74) is 2.18. The minimum Gasteiger partial charge on any atom is -0.459 e. The first-order valence-electron chi connectivity index (χ1n) is 11.5. The lowest BCUT2D eigenvalue weighted by molar-refractivity contribution is 0.516. The number of thiocarbonyl (C=S) groups is 1. The van der Waals surface area contributed by atoms with Gasteiger partial charge in [0.1, 0.15) is 22.5 Å². The molecule has 1 aliphatic heterocycles. The highest BCUT2D eigenvalue weighted by Gasteiger charge is 2.19. The van der Waals surface area contributed by atoms with Gasteiger partial charge in [-0.25, -0.2) is 4.98 Å². The van der Waals surface area contributed by atoms with Crippen LogP contribution in [0.5, 0.6) is 0 Å². The van der Waals surface area contributed by atoms with Crippen molar-refractivity contribution in [2.75, 3.05) is 41.3 Å². The molecule has 2 aromatic heterocycles. The van der Waals surface area contributed by atoms with Crippen LogP contribution in [0, 0.1) is 0 Å². The third-order valence-corrected chi connectivity index (χ3v) is 6.54. The van der Waals surface area contributed by atoms with Crippen LogP contribution in [0.2, 0.25) is 10.2 Å². The van der Waals surface area contributed by atoms with Crippen LogP contribution in [-0.2, 0) is 6.54 Å². The predicted octanol–water partition coefficient (Wildman–Crippen LogP) is 5.86. The number of para-hydroxylation sites is 1. The number of halogens is 2. The van der Waals surface area contributed by atoms with Crippen molar-refractivity contribution in [2.24, 2.45) is 0 Å². The molecule has 1 aliphatic rings. The van der Waals surface area contributed by atoms with Crippen molar-refractivity contribution in [1.29, 1.82) is 0 Å². The second-order valence-corrected chi connectivity index (χ2v) is 9.49. The summed E-state index contributed by atoms with van der Waals surface area (Å²) in [5.74, 6) is 2.62. The fraction of sp³-hybridized carbons (Fsp3) is 0.192. The Morgan fingerprint density at radius 1 is 0.889 bits per heavy atom. The third kappa shape index (κ3) is 6.07. The minimum atomic E-state index is 0.349. The number of furan rings is 1. The van der Waals surface area contributed by atoms with E-state index in [1.165, 1.54) is 5.69 Å². The predicted molar refractivity (Wildman–Crippen MR) is 150 cm³/mol. The van der Waals surface area contributed by atoms with Crippen LogP contribution in [0.25, 0.3) is 11.3 Å². The van der Waals surface area contributed by atoms with Gasteiger partial charge >= 0.3 is 0 Å². The van der Waals surface area contributed by atoms with Gasteiger partial charge < -0.3 is 24.9 Å². The van der Waals surface area contributed by atoms with Crippen molar-refractivity contribution in [3.8, 4) is 11.3 Å². The molecule has 4 aromatic rings. The summed E-state index contributed by atoms with van der Waals surface area (Å²) < 4.78 is 5.91. The molecule has 1 saturated heterocycles. The summed E-state index contributed by atoms with van der Waals surface area (Å²) in [7, 11) is 0. The zero-order valence-corrected chi connectivity index (χ0v) is 21.7. The van der Waals surface area contributed by atoms with Gasteiger partial charge in [0.25, 0.3) is 0 Å². The Labute approximate surface area is 225 Å². The summed E-state index contributed by atoms with van der Waals surface area (Å²) in [6.45, 7) is 3.87. The van der Waals surface area contributed by atoms with E-state index in [4.69, 9.17) is 39.8 Å². The number of nitrogens with one attached hydrogen (secondary N) is 2. The topological polar surface area (TPSA) is 69.5 Å². The summed E-state index contributed by atoms with van der Waals surface area (Å²) >= 11 is 17.7. The molecule has 184 valence electrons. The second-order valence-electron chi connectivity index (χ2n) is 8.26. The summed E-state index contributed by atoms with van der Waals surface area (Å²) in [6, 6.07) is 23.5. The van der Waals surface area contributed by atoms with Crippen molar-refractivity contribution >= 4 is 58.0 Å². The number of hydrogen-bond donors (Lipinski definition) is 2. The maximum atomic E-state index is 6.31. The van der Waals surface area contributed by atoms with Gasteiger partial charge in [-0.05, 0) is 60.7 Å². The lowest BCUT2D eigenvalue weighted by Gasteiger charge is -2.36. The number of aromatic nitrogens is 2. The fourth-order valence-corrected chi connectivity index (χ4v) is 4.48. The van der Waals surface area contributed by atoms with E-state index in [0.29, 0.717) is 27.8 Å². The Morgan fingerprint density at radius 3 is 2.36 bits per heavy atom. The molecule has 1 fully saturated rings. The van der Waals surface area contributed by atoms with Crippen molar-refractivity contribution < 1.29 is 4.42 Å². The number of nitrogens with zero attached hydrogens (tertiary/aromatic N) is 4. The molecule has 36 heavy (non-hydrogen) atoms. The molecule has 0 bridgehead atoms. The Kier molecular flexibility index (Phi) is 7.55. The van der Waals surface area contributed by atoms with E-state index in [1.54, 1.807) is 6.07 Å². The molecule has 0 aliphatic carbocycles. The quantitative estimate of drug-likeness (QED) is 0.234. The molecule has 0 unspecified atom stereocenters. The van der Waals surface area contributed by atoms with Crippen LogP contribution in [-0.4, -0.2) is 41.3 Å². The van der Waals surface area contributed by atoms with Gasteiger partial charge in [-0.3, -0.25) is 0 Å². The highest BCUT2D eigenvalue weighted by molar-refractivity contribution is 7.80. The van der Waals surface area contributed by atoms with E-state index < -0.39 is 0 Å². The van der Waals surface area contributed by atoms with Gasteiger partial charge in [0, 0.05) is 48.5 Å². The summed E-state index contributed by atoms with van der Waals surface area (Å²) in [5, 5.41) is 7.58. The standard InChI is InChI=1S/C26H24Cl2N6OS/c27-19-8-6-18(7-9-19)22-11-10-21(35-22)17-29-26(36)32-25-30-23(28)16-24(31-25)34-14-12-33(13-15-34)20-4-2-1-3-5-20/h1-11,16H,12-15,17H2,(H2,29,30,31,32,36). The molecule has 2 aromatic carbocycles. The first-order valence-corrected chi connectivity index (χ1v) is 12.7. The van der Waals surface area contributed by atoms with Gasteiger partial charge in [0.2, 0.25) is 5.95 Å². The Balaban J connectivity index is 1.16. The fourth-order valence-electron chi connectivity index (χ4n) is 4.01. The second kappa shape index (κ2) is 11.2. The summed E-state index contributed by atoms with van der Waals surface area (Å²) in [4.78, 5) is 13.5. The lowest BCUT2D eigenvalue weighted by atomic mass is 10.2. The molecule has 2 N–H and O–H groups in total. The molecule has 0 radical (unpaired) electrons. The number of piperazine rings is 1. The monoisotopic (exact) mass is 538 g/mol. The van der Waals surface area contributed by atoms with E-state index in [0.717, 1.165) is 49.1 Å². The lowest BCUT2D eigenvalue weighted by Crippen LogP contribution is -2.46. The molecule has 0 spiro atoms. The maximum absolute atomic E-state index is 6.31. The van der Waals surface area contributed by atoms with E-state index in [1.807, 2.05) is 42.5 Å². The van der Waals surface area contributed by atoms with E-state index >= 15 is 0 Å². The van der Waals surface area contributed by atoms with Gasteiger partial charge in [0.15, 0.2) is 5.11 Å². The number of benzene rings is 2. The van der Waals surface area contributed by atoms with Crippen LogP contribution in [0.15, 0.2) is 77.2 Å². The van der Waals surface area contributed by atoms with Crippen LogP contribution in [0.4, 0.5) is 17.5 Å². The van der Waals surface area contributed by atoms with Crippen molar-refractivity contribution in [1.82, 2.24) is 15.3 Å². The third-order valence-electron chi connectivity index (χ3n) is 5.85. The average molecular weight is 539 g/mol. The highest BCUT2D eigenvalue weighted by Crippen LogP contribution is 2.24. The Hall–Kier alpha value is -3.33. The highest BCUT2D eigenvalue weighted by atomic mass is 35.5. The van der Waals surface area contributed by atoms with Gasteiger partial charge in [-0.15, -0.1) is 0 Å². The molecule has 7 nitrogen and oxygen atoms in total. The smallest absolute Gasteiger partial charge is 0.232 e. The zero-order valence-electron chi connectivity index (χ0n) is 19.3. The molecule has 10 heteroatoms.